The van der Waals surface area contributed by atoms with Crippen molar-refractivity contribution >= 4 is 12.4 Å². The van der Waals surface area contributed by atoms with E-state index in [0.29, 0.717) is 0 Å². The molecule has 0 atom stereocenters. The van der Waals surface area contributed by atoms with E-state index >= 15 is 0 Å². The van der Waals surface area contributed by atoms with Crippen LogP contribution in [0.4, 0.5) is 4.39 Å². The number of benzene rings is 1. The van der Waals surface area contributed by atoms with Crippen LogP contribution < -0.4 is 5.73 Å². The van der Waals surface area contributed by atoms with Crippen molar-refractivity contribution in [1.82, 2.24) is 0 Å². The molecular formula is C9H11ClFN. The Bertz CT molecular complexity index is 284. The Morgan fingerprint density at radius 1 is 1.33 bits per heavy atom. The van der Waals surface area contributed by atoms with E-state index in [2.05, 4.69) is 0 Å². The van der Waals surface area contributed by atoms with Crippen molar-refractivity contribution in [3.63, 3.8) is 0 Å². The van der Waals surface area contributed by atoms with E-state index in [4.69, 9.17) is 5.73 Å². The Balaban J connectivity index is 0.000000720. The van der Waals surface area contributed by atoms with E-state index in [0.717, 1.165) is 18.4 Å². The van der Waals surface area contributed by atoms with Gasteiger partial charge in [-0.05, 0) is 30.5 Å². The SMILES string of the molecule is Cl.NC1(c2cccc(F)c2)CC1. The lowest BCUT2D eigenvalue weighted by molar-refractivity contribution is 0.618. The highest BCUT2D eigenvalue weighted by molar-refractivity contribution is 5.85. The minimum absolute atomic E-state index is 0. The fourth-order valence-electron chi connectivity index (χ4n) is 1.22. The van der Waals surface area contributed by atoms with E-state index < -0.39 is 0 Å². The molecule has 1 saturated carbocycles. The monoisotopic (exact) mass is 187 g/mol. The standard InChI is InChI=1S/C9H10FN.ClH/c10-8-3-1-2-7(6-8)9(11)4-5-9;/h1-3,6H,4-5,11H2;1H. The molecule has 0 aromatic heterocycles. The summed E-state index contributed by atoms with van der Waals surface area (Å²) in [6, 6.07) is 6.55. The van der Waals surface area contributed by atoms with Crippen molar-refractivity contribution in [2.24, 2.45) is 5.73 Å². The highest BCUT2D eigenvalue weighted by Crippen LogP contribution is 2.42. The molecule has 0 amide bonds. The fourth-order valence-corrected chi connectivity index (χ4v) is 1.22. The van der Waals surface area contributed by atoms with Crippen molar-refractivity contribution in [3.8, 4) is 0 Å². The summed E-state index contributed by atoms with van der Waals surface area (Å²) in [7, 11) is 0. The van der Waals surface area contributed by atoms with Gasteiger partial charge in [0, 0.05) is 5.54 Å². The van der Waals surface area contributed by atoms with Crippen LogP contribution in [0.25, 0.3) is 0 Å². The second-order valence-corrected chi connectivity index (χ2v) is 3.17. The molecule has 0 aliphatic heterocycles. The first-order valence-electron chi connectivity index (χ1n) is 3.76. The third-order valence-electron chi connectivity index (χ3n) is 2.19. The first kappa shape index (κ1) is 9.49. The molecule has 2 N–H and O–H groups in total. The van der Waals surface area contributed by atoms with Gasteiger partial charge >= 0.3 is 0 Å². The molecule has 0 unspecified atom stereocenters. The molecule has 0 radical (unpaired) electrons. The van der Waals surface area contributed by atoms with Crippen LogP contribution in [0.1, 0.15) is 18.4 Å². The van der Waals surface area contributed by atoms with Crippen LogP contribution in [0.15, 0.2) is 24.3 Å². The Morgan fingerprint density at radius 2 is 2.00 bits per heavy atom. The molecular weight excluding hydrogens is 177 g/mol. The van der Waals surface area contributed by atoms with Crippen molar-refractivity contribution in [2.45, 2.75) is 18.4 Å². The molecule has 66 valence electrons. The van der Waals surface area contributed by atoms with Crippen LogP contribution in [0, 0.1) is 5.82 Å². The van der Waals surface area contributed by atoms with Gasteiger partial charge in [0.25, 0.3) is 0 Å². The summed E-state index contributed by atoms with van der Waals surface area (Å²) in [5.74, 6) is -0.195. The molecule has 1 aliphatic rings. The number of hydrogen-bond acceptors (Lipinski definition) is 1. The van der Waals surface area contributed by atoms with E-state index in [1.165, 1.54) is 12.1 Å². The zero-order valence-electron chi connectivity index (χ0n) is 6.59. The van der Waals surface area contributed by atoms with Gasteiger partial charge in [0.1, 0.15) is 5.82 Å². The molecule has 1 aromatic carbocycles. The highest BCUT2D eigenvalue weighted by Gasteiger charge is 2.39. The van der Waals surface area contributed by atoms with Crippen LogP contribution in [0.5, 0.6) is 0 Å². The third kappa shape index (κ3) is 1.59. The van der Waals surface area contributed by atoms with Crippen LogP contribution in [0.3, 0.4) is 0 Å². The Morgan fingerprint density at radius 3 is 2.50 bits per heavy atom. The van der Waals surface area contributed by atoms with Crippen LogP contribution in [0.2, 0.25) is 0 Å². The van der Waals surface area contributed by atoms with Gasteiger partial charge in [-0.3, -0.25) is 0 Å². The van der Waals surface area contributed by atoms with Gasteiger partial charge in [0.15, 0.2) is 0 Å². The minimum Gasteiger partial charge on any atom is -0.321 e. The first-order valence-corrected chi connectivity index (χ1v) is 3.76. The normalized spacial score (nSPS) is 18.2. The van der Waals surface area contributed by atoms with E-state index in [1.54, 1.807) is 6.07 Å². The lowest BCUT2D eigenvalue weighted by Gasteiger charge is -2.07. The highest BCUT2D eigenvalue weighted by atomic mass is 35.5. The van der Waals surface area contributed by atoms with Gasteiger partial charge < -0.3 is 5.73 Å². The van der Waals surface area contributed by atoms with Crippen molar-refractivity contribution in [1.29, 1.82) is 0 Å². The van der Waals surface area contributed by atoms with Crippen molar-refractivity contribution in [3.05, 3.63) is 35.6 Å². The van der Waals surface area contributed by atoms with Gasteiger partial charge in [-0.2, -0.15) is 0 Å². The molecule has 0 spiro atoms. The van der Waals surface area contributed by atoms with E-state index in [1.807, 2.05) is 6.07 Å². The molecule has 2 rings (SSSR count). The zero-order valence-corrected chi connectivity index (χ0v) is 7.40. The van der Waals surface area contributed by atoms with Gasteiger partial charge in [0.05, 0.1) is 0 Å². The van der Waals surface area contributed by atoms with Gasteiger partial charge in [-0.15, -0.1) is 12.4 Å². The molecule has 0 bridgehead atoms. The molecule has 1 aromatic rings. The van der Waals surface area contributed by atoms with Gasteiger partial charge in [-0.25, -0.2) is 4.39 Å². The zero-order chi connectivity index (χ0) is 7.90. The summed E-state index contributed by atoms with van der Waals surface area (Å²) in [5, 5.41) is 0. The number of halogens is 2. The van der Waals surface area contributed by atoms with E-state index in [9.17, 15) is 4.39 Å². The predicted octanol–water partition coefficient (Wildman–Crippen LogP) is 2.20. The average molecular weight is 188 g/mol. The minimum atomic E-state index is -0.206. The summed E-state index contributed by atoms with van der Waals surface area (Å²) in [4.78, 5) is 0. The molecule has 1 fully saturated rings. The van der Waals surface area contributed by atoms with Crippen molar-refractivity contribution in [2.75, 3.05) is 0 Å². The maximum Gasteiger partial charge on any atom is 0.123 e. The summed E-state index contributed by atoms with van der Waals surface area (Å²) in [6.45, 7) is 0. The molecule has 0 saturated heterocycles. The Labute approximate surface area is 77.2 Å². The maximum atomic E-state index is 12.7. The third-order valence-corrected chi connectivity index (χ3v) is 2.19. The van der Waals surface area contributed by atoms with E-state index in [-0.39, 0.29) is 23.8 Å². The summed E-state index contributed by atoms with van der Waals surface area (Å²) < 4.78 is 12.7. The number of rotatable bonds is 1. The predicted molar refractivity (Wildman–Crippen MR) is 48.7 cm³/mol. The molecule has 12 heavy (non-hydrogen) atoms. The molecule has 1 nitrogen and oxygen atoms in total. The van der Waals surface area contributed by atoms with Crippen molar-refractivity contribution < 1.29 is 4.39 Å². The molecule has 1 aliphatic carbocycles. The fraction of sp³-hybridized carbons (Fsp3) is 0.333. The smallest absolute Gasteiger partial charge is 0.123 e. The quantitative estimate of drug-likeness (QED) is 0.717. The lowest BCUT2D eigenvalue weighted by Crippen LogP contribution is -2.18. The average Bonchev–Trinajstić information content (AvgIpc) is 2.70. The number of hydrogen-bond donors (Lipinski definition) is 1. The van der Waals surface area contributed by atoms with Crippen LogP contribution >= 0.6 is 12.4 Å². The molecule has 0 heterocycles. The summed E-state index contributed by atoms with van der Waals surface area (Å²) in [5.41, 5.74) is 6.59. The van der Waals surface area contributed by atoms with Crippen LogP contribution in [-0.4, -0.2) is 0 Å². The van der Waals surface area contributed by atoms with Gasteiger partial charge in [0.2, 0.25) is 0 Å². The van der Waals surface area contributed by atoms with Crippen LogP contribution in [-0.2, 0) is 5.54 Å². The second-order valence-electron chi connectivity index (χ2n) is 3.17. The second kappa shape index (κ2) is 3.04. The maximum absolute atomic E-state index is 12.7. The Hall–Kier alpha value is -0.600. The largest absolute Gasteiger partial charge is 0.321 e. The number of nitrogens with two attached hydrogens (primary N) is 1. The molecule has 3 heteroatoms. The summed E-state index contributed by atoms with van der Waals surface area (Å²) in [6.07, 6.45) is 1.97. The topological polar surface area (TPSA) is 26.0 Å². The Kier molecular flexibility index (Phi) is 2.40. The summed E-state index contributed by atoms with van der Waals surface area (Å²) >= 11 is 0. The lowest BCUT2D eigenvalue weighted by atomic mass is 10.1. The first-order chi connectivity index (χ1) is 5.21. The van der Waals surface area contributed by atoms with Gasteiger partial charge in [-0.1, -0.05) is 12.1 Å².